The summed E-state index contributed by atoms with van der Waals surface area (Å²) in [5, 5.41) is 12.1. The average molecular weight is 416 g/mol. The predicted octanol–water partition coefficient (Wildman–Crippen LogP) is 3.58. The zero-order chi connectivity index (χ0) is 20.7. The molecule has 0 saturated carbocycles. The summed E-state index contributed by atoms with van der Waals surface area (Å²) in [5.74, 6) is 0. The number of hydrogen-bond acceptors (Lipinski definition) is 4. The molecule has 4 aromatic rings. The molecule has 1 N–H and O–H groups in total. The van der Waals surface area contributed by atoms with Crippen LogP contribution in [0.15, 0.2) is 73.4 Å². The van der Waals surface area contributed by atoms with Gasteiger partial charge in [-0.05, 0) is 56.4 Å². The van der Waals surface area contributed by atoms with Crippen molar-refractivity contribution in [2.45, 2.75) is 25.9 Å². The molecule has 150 valence electrons. The van der Waals surface area contributed by atoms with Crippen molar-refractivity contribution in [1.29, 1.82) is 0 Å². The lowest BCUT2D eigenvalue weighted by Crippen LogP contribution is -2.29. The number of anilines is 1. The smallest absolute Gasteiger partial charge is 0.174 e. The number of pyridine rings is 1. The molecule has 30 heavy (non-hydrogen) atoms. The molecule has 0 bridgehead atoms. The maximum Gasteiger partial charge on any atom is 0.174 e. The molecule has 1 aliphatic heterocycles. The molecule has 0 radical (unpaired) electrons. The molecule has 0 amide bonds. The van der Waals surface area contributed by atoms with Crippen molar-refractivity contribution >= 4 is 23.0 Å². The van der Waals surface area contributed by atoms with Crippen LogP contribution >= 0.6 is 12.2 Å². The third kappa shape index (κ3) is 2.96. The fourth-order valence-electron chi connectivity index (χ4n) is 4.27. The highest BCUT2D eigenvalue weighted by molar-refractivity contribution is 7.80. The monoisotopic (exact) mass is 415 g/mol. The normalized spacial score (nSPS) is 18.6. The van der Waals surface area contributed by atoms with Gasteiger partial charge in [-0.25, -0.2) is 4.68 Å². The van der Waals surface area contributed by atoms with E-state index in [2.05, 4.69) is 62.1 Å². The first-order valence-electron chi connectivity index (χ1n) is 9.75. The third-order valence-corrected chi connectivity index (χ3v) is 5.84. The van der Waals surface area contributed by atoms with E-state index in [1.807, 2.05) is 47.3 Å². The van der Waals surface area contributed by atoms with Gasteiger partial charge in [0.25, 0.3) is 0 Å². The Morgan fingerprint density at radius 1 is 0.967 bits per heavy atom. The van der Waals surface area contributed by atoms with Crippen LogP contribution in [0.25, 0.3) is 0 Å². The molecule has 2 atom stereocenters. The summed E-state index contributed by atoms with van der Waals surface area (Å²) in [4.78, 5) is 6.81. The zero-order valence-corrected chi connectivity index (χ0v) is 17.5. The van der Waals surface area contributed by atoms with Gasteiger partial charge in [-0.1, -0.05) is 24.3 Å². The molecular weight excluding hydrogens is 394 g/mol. The topological polar surface area (TPSA) is 63.8 Å². The Labute approximate surface area is 180 Å². The Bertz CT molecular complexity index is 1170. The van der Waals surface area contributed by atoms with Crippen molar-refractivity contribution in [3.05, 3.63) is 96.1 Å². The molecular formula is C22H21N7S. The first-order chi connectivity index (χ1) is 14.6. The minimum Gasteiger partial charge on any atom is -0.351 e. The molecule has 3 aromatic heterocycles. The summed E-state index contributed by atoms with van der Waals surface area (Å²) in [5.41, 5.74) is 5.37. The van der Waals surface area contributed by atoms with Crippen LogP contribution in [0.4, 0.5) is 5.69 Å². The van der Waals surface area contributed by atoms with Gasteiger partial charge in [0.1, 0.15) is 12.7 Å². The van der Waals surface area contributed by atoms with Crippen LogP contribution in [0.1, 0.15) is 34.7 Å². The van der Waals surface area contributed by atoms with Crippen LogP contribution in [-0.2, 0) is 0 Å². The van der Waals surface area contributed by atoms with Gasteiger partial charge in [-0.15, -0.1) is 10.2 Å². The number of benzene rings is 1. The first-order valence-corrected chi connectivity index (χ1v) is 10.2. The Morgan fingerprint density at radius 3 is 2.40 bits per heavy atom. The number of nitrogens with zero attached hydrogens (tertiary/aromatic N) is 6. The van der Waals surface area contributed by atoms with Gasteiger partial charge in [-0.3, -0.25) is 9.66 Å². The lowest BCUT2D eigenvalue weighted by molar-refractivity contribution is 0.557. The van der Waals surface area contributed by atoms with Crippen molar-refractivity contribution in [3.63, 3.8) is 0 Å². The van der Waals surface area contributed by atoms with Gasteiger partial charge >= 0.3 is 0 Å². The summed E-state index contributed by atoms with van der Waals surface area (Å²) in [6.45, 7) is 4.20. The molecule has 1 fully saturated rings. The maximum absolute atomic E-state index is 5.79. The van der Waals surface area contributed by atoms with Gasteiger partial charge < -0.3 is 10.2 Å². The number of thiocarbonyl (C=S) groups is 1. The maximum atomic E-state index is 5.79. The van der Waals surface area contributed by atoms with Gasteiger partial charge in [0.05, 0.1) is 17.8 Å². The van der Waals surface area contributed by atoms with E-state index in [0.717, 1.165) is 22.8 Å². The quantitative estimate of drug-likeness (QED) is 0.514. The molecule has 0 spiro atoms. The van der Waals surface area contributed by atoms with Crippen molar-refractivity contribution in [2.75, 3.05) is 4.90 Å². The Balaban J connectivity index is 1.69. The highest BCUT2D eigenvalue weighted by atomic mass is 32.1. The third-order valence-electron chi connectivity index (χ3n) is 5.52. The van der Waals surface area contributed by atoms with E-state index in [0.29, 0.717) is 5.11 Å². The van der Waals surface area contributed by atoms with Crippen LogP contribution in [0, 0.1) is 13.8 Å². The molecule has 0 unspecified atom stereocenters. The second-order valence-corrected chi connectivity index (χ2v) is 7.70. The second kappa shape index (κ2) is 7.38. The molecule has 5 rings (SSSR count). The number of nitrogens with one attached hydrogen (secondary N) is 1. The zero-order valence-electron chi connectivity index (χ0n) is 16.7. The van der Waals surface area contributed by atoms with Gasteiger partial charge in [0.15, 0.2) is 5.11 Å². The van der Waals surface area contributed by atoms with Crippen LogP contribution in [-0.4, -0.2) is 29.6 Å². The summed E-state index contributed by atoms with van der Waals surface area (Å²) < 4.78 is 3.99. The molecule has 4 heterocycles. The largest absolute Gasteiger partial charge is 0.351 e. The summed E-state index contributed by atoms with van der Waals surface area (Å²) in [6.07, 6.45) is 5.22. The predicted molar refractivity (Wildman–Crippen MR) is 119 cm³/mol. The van der Waals surface area contributed by atoms with Crippen LogP contribution in [0.2, 0.25) is 0 Å². The number of aryl methyl sites for hydroxylation is 1. The van der Waals surface area contributed by atoms with Crippen molar-refractivity contribution < 1.29 is 0 Å². The molecule has 1 saturated heterocycles. The van der Waals surface area contributed by atoms with E-state index in [1.54, 1.807) is 12.7 Å². The molecule has 8 heteroatoms. The van der Waals surface area contributed by atoms with Crippen molar-refractivity contribution in [1.82, 2.24) is 29.9 Å². The van der Waals surface area contributed by atoms with E-state index >= 15 is 0 Å². The summed E-state index contributed by atoms with van der Waals surface area (Å²) in [7, 11) is 0. The number of rotatable bonds is 4. The Morgan fingerprint density at radius 2 is 1.70 bits per heavy atom. The highest BCUT2D eigenvalue weighted by Gasteiger charge is 2.42. The number of hydrogen-bond donors (Lipinski definition) is 1. The van der Waals surface area contributed by atoms with E-state index in [-0.39, 0.29) is 12.1 Å². The minimum absolute atomic E-state index is 0.0498. The molecule has 0 aliphatic carbocycles. The summed E-state index contributed by atoms with van der Waals surface area (Å²) >= 11 is 5.79. The van der Waals surface area contributed by atoms with E-state index in [4.69, 9.17) is 12.2 Å². The van der Waals surface area contributed by atoms with E-state index < -0.39 is 0 Å². The lowest BCUT2D eigenvalue weighted by atomic mass is 9.96. The standard InChI is InChI=1S/C22H21N7S/c1-15-12-18(16(2)29(15)27-13-24-25-14-27)21-20(19-10-6-7-11-23-19)26-22(30)28(21)17-8-4-3-5-9-17/h3-14,20-21H,1-2H3,(H,26,30)/t20-,21-/m1/s1. The van der Waals surface area contributed by atoms with Crippen molar-refractivity contribution in [2.24, 2.45) is 0 Å². The molecule has 7 nitrogen and oxygen atoms in total. The highest BCUT2D eigenvalue weighted by Crippen LogP contribution is 2.43. The van der Waals surface area contributed by atoms with Crippen LogP contribution in [0.5, 0.6) is 0 Å². The SMILES string of the molecule is Cc1cc([C@@H]2[C@@H](c3ccccn3)NC(=S)N2c2ccccc2)c(C)n1-n1cnnc1. The van der Waals surface area contributed by atoms with Crippen molar-refractivity contribution in [3.8, 4) is 0 Å². The van der Waals surface area contributed by atoms with Gasteiger partial charge in [-0.2, -0.15) is 0 Å². The second-order valence-electron chi connectivity index (χ2n) is 7.31. The number of aromatic nitrogens is 5. The lowest BCUT2D eigenvalue weighted by Gasteiger charge is -2.28. The summed E-state index contributed by atoms with van der Waals surface area (Å²) in [6, 6.07) is 18.3. The Hall–Kier alpha value is -3.52. The first kappa shape index (κ1) is 18.5. The Kier molecular flexibility index (Phi) is 4.55. The number of para-hydroxylation sites is 1. The fourth-order valence-corrected chi connectivity index (χ4v) is 4.61. The molecule has 1 aliphatic rings. The van der Waals surface area contributed by atoms with Crippen LogP contribution in [0.3, 0.4) is 0 Å². The van der Waals surface area contributed by atoms with Gasteiger partial charge in [0.2, 0.25) is 0 Å². The van der Waals surface area contributed by atoms with Gasteiger partial charge in [0, 0.05) is 28.8 Å². The average Bonchev–Trinajstić information content (AvgIpc) is 3.47. The van der Waals surface area contributed by atoms with E-state index in [1.165, 1.54) is 5.56 Å². The van der Waals surface area contributed by atoms with E-state index in [9.17, 15) is 0 Å². The minimum atomic E-state index is -0.0752. The fraction of sp³-hybridized carbons (Fsp3) is 0.182. The van der Waals surface area contributed by atoms with Crippen LogP contribution < -0.4 is 10.2 Å². The molecule has 1 aromatic carbocycles.